The first-order valence-corrected chi connectivity index (χ1v) is 10.6. The second-order valence-corrected chi connectivity index (χ2v) is 8.19. The van der Waals surface area contributed by atoms with Crippen molar-refractivity contribution in [2.24, 2.45) is 5.10 Å². The summed E-state index contributed by atoms with van der Waals surface area (Å²) in [5, 5.41) is 6.03. The van der Waals surface area contributed by atoms with E-state index >= 15 is 0 Å². The van der Waals surface area contributed by atoms with E-state index < -0.39 is 0 Å². The Bertz CT molecular complexity index is 1260. The number of amides is 1. The number of aryl methyl sites for hydroxylation is 2. The highest BCUT2D eigenvalue weighted by Gasteiger charge is 2.08. The molecular weight excluding hydrogens is 406 g/mol. The molecule has 31 heavy (non-hydrogen) atoms. The van der Waals surface area contributed by atoms with Crippen LogP contribution in [0.1, 0.15) is 27.8 Å². The van der Waals surface area contributed by atoms with Gasteiger partial charge in [-0.05, 0) is 48.7 Å². The van der Waals surface area contributed by atoms with Gasteiger partial charge in [0.15, 0.2) is 0 Å². The van der Waals surface area contributed by atoms with E-state index in [1.54, 1.807) is 6.21 Å². The van der Waals surface area contributed by atoms with Crippen molar-refractivity contribution >= 4 is 34.6 Å². The molecule has 0 bridgehead atoms. The molecule has 0 aliphatic heterocycles. The molecule has 156 valence electrons. The summed E-state index contributed by atoms with van der Waals surface area (Å²) in [4.78, 5) is 12.3. The largest absolute Gasteiger partial charge is 0.342 e. The Labute approximate surface area is 187 Å². The van der Waals surface area contributed by atoms with Crippen molar-refractivity contribution in [1.29, 1.82) is 0 Å². The monoisotopic (exact) mass is 429 g/mol. The maximum atomic E-state index is 12.3. The van der Waals surface area contributed by atoms with Crippen LogP contribution in [0, 0.1) is 13.8 Å². The zero-order valence-electron chi connectivity index (χ0n) is 17.6. The summed E-state index contributed by atoms with van der Waals surface area (Å²) in [6, 6.07) is 22.1. The molecule has 0 unspecified atom stereocenters. The third-order valence-corrected chi connectivity index (χ3v) is 5.58. The van der Waals surface area contributed by atoms with E-state index in [-0.39, 0.29) is 5.91 Å². The van der Waals surface area contributed by atoms with Gasteiger partial charge < -0.3 is 4.57 Å². The maximum Gasteiger partial charge on any atom is 0.244 e. The first-order chi connectivity index (χ1) is 15.0. The Hall–Kier alpha value is -3.37. The van der Waals surface area contributed by atoms with Crippen LogP contribution in [0.4, 0.5) is 0 Å². The predicted molar refractivity (Wildman–Crippen MR) is 128 cm³/mol. The average Bonchev–Trinajstić information content (AvgIpc) is 3.09. The molecule has 1 heterocycles. The number of aromatic nitrogens is 1. The number of nitrogens with zero attached hydrogens (tertiary/aromatic N) is 2. The number of rotatable bonds is 6. The lowest BCUT2D eigenvalue weighted by Gasteiger charge is -2.05. The number of nitrogens with one attached hydrogen (secondary N) is 1. The van der Waals surface area contributed by atoms with Crippen molar-refractivity contribution in [2.45, 2.75) is 26.8 Å². The first-order valence-electron chi connectivity index (χ1n) is 10.2. The van der Waals surface area contributed by atoms with Gasteiger partial charge in [0.2, 0.25) is 5.91 Å². The van der Waals surface area contributed by atoms with E-state index in [1.807, 2.05) is 62.4 Å². The van der Waals surface area contributed by atoms with Crippen molar-refractivity contribution in [1.82, 2.24) is 9.99 Å². The Balaban J connectivity index is 1.49. The number of hydrogen-bond acceptors (Lipinski definition) is 2. The van der Waals surface area contributed by atoms with Crippen LogP contribution in [0.25, 0.3) is 10.9 Å². The van der Waals surface area contributed by atoms with Gasteiger partial charge in [-0.15, -0.1) is 0 Å². The van der Waals surface area contributed by atoms with Crippen LogP contribution in [-0.2, 0) is 17.8 Å². The molecule has 0 fully saturated rings. The quantitative estimate of drug-likeness (QED) is 0.312. The fraction of sp³-hybridized carbons (Fsp3) is 0.154. The zero-order valence-corrected chi connectivity index (χ0v) is 18.4. The number of benzene rings is 3. The normalized spacial score (nSPS) is 11.3. The number of carbonyl (C=O) groups is 1. The molecular formula is C26H24ClN3O. The highest BCUT2D eigenvalue weighted by atomic mass is 35.5. The number of fused-ring (bicyclic) bond motifs is 1. The molecule has 0 saturated heterocycles. The topological polar surface area (TPSA) is 46.4 Å². The van der Waals surface area contributed by atoms with E-state index in [0.717, 1.165) is 44.7 Å². The average molecular weight is 430 g/mol. The van der Waals surface area contributed by atoms with Gasteiger partial charge in [0, 0.05) is 34.2 Å². The smallest absolute Gasteiger partial charge is 0.244 e. The molecule has 3 aromatic carbocycles. The van der Waals surface area contributed by atoms with E-state index in [2.05, 4.69) is 39.5 Å². The van der Waals surface area contributed by atoms with Crippen molar-refractivity contribution in [2.75, 3.05) is 0 Å². The highest BCUT2D eigenvalue weighted by Crippen LogP contribution is 2.22. The lowest BCUT2D eigenvalue weighted by Crippen LogP contribution is -2.20. The van der Waals surface area contributed by atoms with Crippen LogP contribution in [0.5, 0.6) is 0 Å². The molecule has 0 atom stereocenters. The second-order valence-electron chi connectivity index (χ2n) is 7.76. The van der Waals surface area contributed by atoms with Crippen LogP contribution >= 0.6 is 11.6 Å². The van der Waals surface area contributed by atoms with Crippen molar-refractivity contribution < 1.29 is 4.79 Å². The summed E-state index contributed by atoms with van der Waals surface area (Å²) in [7, 11) is 0. The standard InChI is InChI=1S/C26H24ClN3O/c1-18-7-10-21(19(2)13-18)14-26(31)29-28-15-22-17-30(25-6-4-3-5-24(22)25)16-20-8-11-23(27)12-9-20/h3-13,15,17H,14,16H2,1-2H3,(H,29,31)/b28-15-. The summed E-state index contributed by atoms with van der Waals surface area (Å²) in [5.74, 6) is -0.131. The van der Waals surface area contributed by atoms with Gasteiger partial charge in [-0.2, -0.15) is 5.10 Å². The van der Waals surface area contributed by atoms with Gasteiger partial charge >= 0.3 is 0 Å². The fourth-order valence-corrected chi connectivity index (χ4v) is 3.85. The molecule has 0 spiro atoms. The number of hydrogen-bond donors (Lipinski definition) is 1. The minimum atomic E-state index is -0.131. The lowest BCUT2D eigenvalue weighted by molar-refractivity contribution is -0.120. The Morgan fingerprint density at radius 3 is 2.61 bits per heavy atom. The van der Waals surface area contributed by atoms with Crippen molar-refractivity contribution in [3.63, 3.8) is 0 Å². The summed E-state index contributed by atoms with van der Waals surface area (Å²) < 4.78 is 2.18. The van der Waals surface area contributed by atoms with Crippen LogP contribution in [0.2, 0.25) is 5.02 Å². The summed E-state index contributed by atoms with van der Waals surface area (Å²) >= 11 is 6.00. The van der Waals surface area contributed by atoms with Gasteiger partial charge in [-0.1, -0.05) is 65.7 Å². The minimum Gasteiger partial charge on any atom is -0.342 e. The third-order valence-electron chi connectivity index (χ3n) is 5.33. The number of halogens is 1. The lowest BCUT2D eigenvalue weighted by atomic mass is 10.0. The number of para-hydroxylation sites is 1. The molecule has 0 aliphatic rings. The van der Waals surface area contributed by atoms with Gasteiger partial charge in [0.25, 0.3) is 0 Å². The van der Waals surface area contributed by atoms with Crippen LogP contribution in [-0.4, -0.2) is 16.7 Å². The zero-order chi connectivity index (χ0) is 21.8. The minimum absolute atomic E-state index is 0.131. The third kappa shape index (κ3) is 5.04. The van der Waals surface area contributed by atoms with E-state index in [4.69, 9.17) is 11.6 Å². The Morgan fingerprint density at radius 2 is 1.84 bits per heavy atom. The molecule has 4 rings (SSSR count). The predicted octanol–water partition coefficient (Wildman–Crippen LogP) is 5.65. The molecule has 4 nitrogen and oxygen atoms in total. The van der Waals surface area contributed by atoms with E-state index in [9.17, 15) is 4.79 Å². The molecule has 0 radical (unpaired) electrons. The Kier molecular flexibility index (Phi) is 6.19. The van der Waals surface area contributed by atoms with Crippen LogP contribution in [0.3, 0.4) is 0 Å². The molecule has 0 saturated carbocycles. The molecule has 1 N–H and O–H groups in total. The van der Waals surface area contributed by atoms with Crippen LogP contribution < -0.4 is 5.43 Å². The van der Waals surface area contributed by atoms with E-state index in [1.165, 1.54) is 5.56 Å². The van der Waals surface area contributed by atoms with Gasteiger partial charge in [-0.25, -0.2) is 5.43 Å². The van der Waals surface area contributed by atoms with Crippen LogP contribution in [0.15, 0.2) is 78.0 Å². The second kappa shape index (κ2) is 9.19. The molecule has 5 heteroatoms. The van der Waals surface area contributed by atoms with Gasteiger partial charge in [0.1, 0.15) is 0 Å². The number of carbonyl (C=O) groups excluding carboxylic acids is 1. The van der Waals surface area contributed by atoms with Gasteiger partial charge in [0.05, 0.1) is 12.6 Å². The first kappa shape index (κ1) is 20.9. The number of hydrazone groups is 1. The molecule has 4 aromatic rings. The molecule has 1 aromatic heterocycles. The van der Waals surface area contributed by atoms with Crippen molar-refractivity contribution in [3.8, 4) is 0 Å². The molecule has 1 amide bonds. The molecule has 0 aliphatic carbocycles. The Morgan fingerprint density at radius 1 is 1.06 bits per heavy atom. The van der Waals surface area contributed by atoms with Gasteiger partial charge in [-0.3, -0.25) is 4.79 Å². The van der Waals surface area contributed by atoms with E-state index in [0.29, 0.717) is 6.42 Å². The van der Waals surface area contributed by atoms with Crippen molar-refractivity contribution in [3.05, 3.63) is 106 Å². The SMILES string of the molecule is Cc1ccc(CC(=O)N/N=C\c2cn(Cc3ccc(Cl)cc3)c3ccccc23)c(C)c1. The fourth-order valence-electron chi connectivity index (χ4n) is 3.73. The maximum absolute atomic E-state index is 12.3. The highest BCUT2D eigenvalue weighted by molar-refractivity contribution is 6.30. The summed E-state index contributed by atoms with van der Waals surface area (Å²) in [5.41, 5.74) is 9.20. The summed E-state index contributed by atoms with van der Waals surface area (Å²) in [6.07, 6.45) is 4.07. The summed E-state index contributed by atoms with van der Waals surface area (Å²) in [6.45, 7) is 4.80.